The lowest BCUT2D eigenvalue weighted by Gasteiger charge is -2.06. The Balaban J connectivity index is 2.77. The molecule has 0 bridgehead atoms. The standard InChI is InChI=1S/C10H11NO3S/c1-15-8-5-3-2-4-7(8)10(14)11-6-9(12)13/h2-5H,6H2,1H3,(H,11,14)(H,12,13). The number of hydrogen-bond donors (Lipinski definition) is 2. The smallest absolute Gasteiger partial charge is 0.322 e. The number of benzene rings is 1. The molecular weight excluding hydrogens is 214 g/mol. The third-order valence-corrected chi connectivity index (χ3v) is 2.55. The number of rotatable bonds is 4. The van der Waals surface area contributed by atoms with E-state index in [1.54, 1.807) is 12.1 Å². The number of carboxylic acids is 1. The highest BCUT2D eigenvalue weighted by atomic mass is 32.2. The summed E-state index contributed by atoms with van der Waals surface area (Å²) in [5, 5.41) is 10.7. The third kappa shape index (κ3) is 3.28. The first kappa shape index (κ1) is 11.6. The fourth-order valence-electron chi connectivity index (χ4n) is 1.08. The van der Waals surface area contributed by atoms with E-state index in [-0.39, 0.29) is 12.5 Å². The molecule has 1 aromatic carbocycles. The average molecular weight is 225 g/mol. The second-order valence-corrected chi connectivity index (χ2v) is 3.62. The molecule has 4 nitrogen and oxygen atoms in total. The summed E-state index contributed by atoms with van der Waals surface area (Å²) in [6.07, 6.45) is 1.86. The van der Waals surface area contributed by atoms with E-state index in [0.717, 1.165) is 4.90 Å². The highest BCUT2D eigenvalue weighted by Crippen LogP contribution is 2.19. The van der Waals surface area contributed by atoms with E-state index < -0.39 is 5.97 Å². The van der Waals surface area contributed by atoms with Crippen molar-refractivity contribution in [2.75, 3.05) is 12.8 Å². The van der Waals surface area contributed by atoms with E-state index in [4.69, 9.17) is 5.11 Å². The number of carbonyl (C=O) groups excluding carboxylic acids is 1. The van der Waals surface area contributed by atoms with Gasteiger partial charge in [0, 0.05) is 4.90 Å². The maximum absolute atomic E-state index is 11.5. The zero-order valence-electron chi connectivity index (χ0n) is 8.19. The predicted molar refractivity (Wildman–Crippen MR) is 58.2 cm³/mol. The molecule has 1 aromatic rings. The van der Waals surface area contributed by atoms with E-state index in [2.05, 4.69) is 5.32 Å². The number of carboxylic acid groups (broad SMARTS) is 1. The number of carbonyl (C=O) groups is 2. The molecule has 80 valence electrons. The first-order valence-electron chi connectivity index (χ1n) is 4.28. The highest BCUT2D eigenvalue weighted by Gasteiger charge is 2.10. The molecule has 15 heavy (non-hydrogen) atoms. The minimum Gasteiger partial charge on any atom is -0.480 e. The minimum atomic E-state index is -1.05. The zero-order valence-corrected chi connectivity index (χ0v) is 9.00. The van der Waals surface area contributed by atoms with Gasteiger partial charge in [-0.2, -0.15) is 0 Å². The summed E-state index contributed by atoms with van der Waals surface area (Å²) >= 11 is 1.45. The summed E-state index contributed by atoms with van der Waals surface area (Å²) in [6.45, 7) is -0.360. The summed E-state index contributed by atoms with van der Waals surface area (Å²) in [5.74, 6) is -1.41. The first-order valence-corrected chi connectivity index (χ1v) is 5.50. The quantitative estimate of drug-likeness (QED) is 0.756. The van der Waals surface area contributed by atoms with Crippen molar-refractivity contribution in [2.45, 2.75) is 4.90 Å². The second-order valence-electron chi connectivity index (χ2n) is 2.78. The number of aliphatic carboxylic acids is 1. The van der Waals surface area contributed by atoms with Gasteiger partial charge in [-0.05, 0) is 18.4 Å². The Morgan fingerprint density at radius 3 is 2.67 bits per heavy atom. The summed E-state index contributed by atoms with van der Waals surface area (Å²) < 4.78 is 0. The second kappa shape index (κ2) is 5.41. The van der Waals surface area contributed by atoms with Crippen molar-refractivity contribution < 1.29 is 14.7 Å². The van der Waals surface area contributed by atoms with Gasteiger partial charge in [0.05, 0.1) is 5.56 Å². The van der Waals surface area contributed by atoms with Crippen molar-refractivity contribution in [1.29, 1.82) is 0 Å². The van der Waals surface area contributed by atoms with Crippen molar-refractivity contribution in [3.8, 4) is 0 Å². The van der Waals surface area contributed by atoms with Crippen molar-refractivity contribution in [1.82, 2.24) is 5.32 Å². The highest BCUT2D eigenvalue weighted by molar-refractivity contribution is 7.98. The average Bonchev–Trinajstić information content (AvgIpc) is 2.25. The van der Waals surface area contributed by atoms with E-state index in [0.29, 0.717) is 5.56 Å². The minimum absolute atomic E-state index is 0.359. The largest absolute Gasteiger partial charge is 0.480 e. The van der Waals surface area contributed by atoms with Crippen LogP contribution in [0.5, 0.6) is 0 Å². The van der Waals surface area contributed by atoms with Crippen LogP contribution in [0.4, 0.5) is 0 Å². The van der Waals surface area contributed by atoms with Gasteiger partial charge in [0.15, 0.2) is 0 Å². The van der Waals surface area contributed by atoms with Gasteiger partial charge in [0.1, 0.15) is 6.54 Å². The normalized spacial score (nSPS) is 9.67. The fourth-order valence-corrected chi connectivity index (χ4v) is 1.68. The Labute approximate surface area is 91.7 Å². The summed E-state index contributed by atoms with van der Waals surface area (Å²) in [5.41, 5.74) is 0.506. The summed E-state index contributed by atoms with van der Waals surface area (Å²) in [4.78, 5) is 22.6. The van der Waals surface area contributed by atoms with Gasteiger partial charge in [-0.15, -0.1) is 11.8 Å². The van der Waals surface area contributed by atoms with Crippen LogP contribution >= 0.6 is 11.8 Å². The van der Waals surface area contributed by atoms with Crippen LogP contribution in [-0.4, -0.2) is 29.8 Å². The Kier molecular flexibility index (Phi) is 4.17. The molecular formula is C10H11NO3S. The molecule has 0 aromatic heterocycles. The molecule has 0 aliphatic carbocycles. The summed E-state index contributed by atoms with van der Waals surface area (Å²) in [6, 6.07) is 7.07. The van der Waals surface area contributed by atoms with Crippen LogP contribution in [0.25, 0.3) is 0 Å². The molecule has 0 heterocycles. The van der Waals surface area contributed by atoms with Crippen molar-refractivity contribution in [3.63, 3.8) is 0 Å². The first-order chi connectivity index (χ1) is 7.15. The van der Waals surface area contributed by atoms with Gasteiger partial charge in [-0.25, -0.2) is 0 Å². The lowest BCUT2D eigenvalue weighted by atomic mass is 10.2. The molecule has 0 aliphatic rings. The lowest BCUT2D eigenvalue weighted by molar-refractivity contribution is -0.135. The molecule has 0 spiro atoms. The maximum atomic E-state index is 11.5. The molecule has 0 fully saturated rings. The van der Waals surface area contributed by atoms with Gasteiger partial charge in [0.2, 0.25) is 0 Å². The monoisotopic (exact) mass is 225 g/mol. The number of hydrogen-bond acceptors (Lipinski definition) is 3. The van der Waals surface area contributed by atoms with Crippen LogP contribution < -0.4 is 5.32 Å². The van der Waals surface area contributed by atoms with Gasteiger partial charge in [-0.1, -0.05) is 12.1 Å². The van der Waals surface area contributed by atoms with Gasteiger partial charge in [-0.3, -0.25) is 9.59 Å². The van der Waals surface area contributed by atoms with Crippen molar-refractivity contribution >= 4 is 23.6 Å². The maximum Gasteiger partial charge on any atom is 0.322 e. The number of thioether (sulfide) groups is 1. The molecule has 0 saturated carbocycles. The Morgan fingerprint density at radius 1 is 1.40 bits per heavy atom. The van der Waals surface area contributed by atoms with E-state index in [1.165, 1.54) is 11.8 Å². The van der Waals surface area contributed by atoms with E-state index in [9.17, 15) is 9.59 Å². The third-order valence-electron chi connectivity index (χ3n) is 1.75. The van der Waals surface area contributed by atoms with Crippen LogP contribution in [0, 0.1) is 0 Å². The van der Waals surface area contributed by atoms with Crippen molar-refractivity contribution in [2.24, 2.45) is 0 Å². The number of nitrogens with one attached hydrogen (secondary N) is 1. The van der Waals surface area contributed by atoms with Gasteiger partial charge in [0.25, 0.3) is 5.91 Å². The molecule has 0 unspecified atom stereocenters. The van der Waals surface area contributed by atoms with Crippen LogP contribution in [0.1, 0.15) is 10.4 Å². The van der Waals surface area contributed by atoms with Gasteiger partial charge < -0.3 is 10.4 Å². The lowest BCUT2D eigenvalue weighted by Crippen LogP contribution is -2.29. The SMILES string of the molecule is CSc1ccccc1C(=O)NCC(=O)O. The van der Waals surface area contributed by atoms with E-state index >= 15 is 0 Å². The molecule has 0 saturated heterocycles. The molecule has 5 heteroatoms. The molecule has 1 rings (SSSR count). The Hall–Kier alpha value is -1.49. The molecule has 1 amide bonds. The Morgan fingerprint density at radius 2 is 2.07 bits per heavy atom. The predicted octanol–water partition coefficient (Wildman–Crippen LogP) is 1.22. The van der Waals surface area contributed by atoms with Crippen LogP contribution in [0.2, 0.25) is 0 Å². The zero-order chi connectivity index (χ0) is 11.3. The topological polar surface area (TPSA) is 66.4 Å². The van der Waals surface area contributed by atoms with E-state index in [1.807, 2.05) is 18.4 Å². The van der Waals surface area contributed by atoms with Gasteiger partial charge >= 0.3 is 5.97 Å². The van der Waals surface area contributed by atoms with Crippen molar-refractivity contribution in [3.05, 3.63) is 29.8 Å². The molecule has 0 radical (unpaired) electrons. The van der Waals surface area contributed by atoms with Crippen LogP contribution in [0.15, 0.2) is 29.2 Å². The van der Waals surface area contributed by atoms with Crippen LogP contribution in [0.3, 0.4) is 0 Å². The molecule has 0 atom stereocenters. The summed E-state index contributed by atoms with van der Waals surface area (Å²) in [7, 11) is 0. The number of amides is 1. The Bertz CT molecular complexity index is 379. The fraction of sp³-hybridized carbons (Fsp3) is 0.200. The molecule has 2 N–H and O–H groups in total. The molecule has 0 aliphatic heterocycles. The van der Waals surface area contributed by atoms with Crippen LogP contribution in [-0.2, 0) is 4.79 Å².